The van der Waals surface area contributed by atoms with Gasteiger partial charge in [-0.3, -0.25) is 9.10 Å². The molecule has 1 saturated heterocycles. The summed E-state index contributed by atoms with van der Waals surface area (Å²) in [5, 5.41) is 2.72. The number of carbonyl (C=O) groups excluding carboxylic acids is 1. The molecule has 0 bridgehead atoms. The van der Waals surface area contributed by atoms with Crippen molar-refractivity contribution in [2.45, 2.75) is 24.7 Å². The van der Waals surface area contributed by atoms with Gasteiger partial charge in [0, 0.05) is 30.9 Å². The van der Waals surface area contributed by atoms with Gasteiger partial charge in [-0.25, -0.2) is 16.8 Å². The van der Waals surface area contributed by atoms with Crippen molar-refractivity contribution < 1.29 is 21.6 Å². The lowest BCUT2D eigenvalue weighted by atomic mass is 10.2. The maximum atomic E-state index is 12.6. The number of anilines is 2. The fourth-order valence-electron chi connectivity index (χ4n) is 3.38. The standard InChI is InChI=1S/C20H25N3O5S2/c1-3-23(29(2,25)26)18-10-6-16(7-11-18)20(24)21-17-8-12-19(13-9-17)30(27,28)22-14-4-5-15-22/h6-13H,3-5,14-15H2,1-2H3,(H,21,24). The van der Waals surface area contributed by atoms with E-state index in [0.29, 0.717) is 30.0 Å². The number of carbonyl (C=O) groups is 1. The Morgan fingerprint density at radius 2 is 1.53 bits per heavy atom. The summed E-state index contributed by atoms with van der Waals surface area (Å²) in [6, 6.07) is 12.3. The van der Waals surface area contributed by atoms with Gasteiger partial charge in [0.2, 0.25) is 20.0 Å². The van der Waals surface area contributed by atoms with Crippen LogP contribution in [-0.4, -0.2) is 52.9 Å². The molecule has 8 nitrogen and oxygen atoms in total. The summed E-state index contributed by atoms with van der Waals surface area (Å²) in [6.45, 7) is 3.09. The Morgan fingerprint density at radius 1 is 0.967 bits per heavy atom. The summed E-state index contributed by atoms with van der Waals surface area (Å²) in [6.07, 6.45) is 2.86. The molecule has 2 aromatic carbocycles. The monoisotopic (exact) mass is 451 g/mol. The third-order valence-corrected chi connectivity index (χ3v) is 8.10. The molecule has 0 aliphatic carbocycles. The first kappa shape index (κ1) is 22.3. The van der Waals surface area contributed by atoms with Crippen LogP contribution in [0.25, 0.3) is 0 Å². The first-order valence-electron chi connectivity index (χ1n) is 9.62. The maximum absolute atomic E-state index is 12.6. The van der Waals surface area contributed by atoms with Crippen LogP contribution in [0.1, 0.15) is 30.1 Å². The number of sulfonamides is 2. The SMILES string of the molecule is CCN(c1ccc(C(=O)Nc2ccc(S(=O)(=O)N3CCCC3)cc2)cc1)S(C)(=O)=O. The van der Waals surface area contributed by atoms with Crippen molar-refractivity contribution >= 4 is 37.3 Å². The summed E-state index contributed by atoms with van der Waals surface area (Å²) in [5.41, 5.74) is 1.31. The lowest BCUT2D eigenvalue weighted by Crippen LogP contribution is -2.29. The lowest BCUT2D eigenvalue weighted by molar-refractivity contribution is 0.102. The van der Waals surface area contributed by atoms with E-state index in [2.05, 4.69) is 5.32 Å². The summed E-state index contributed by atoms with van der Waals surface area (Å²) in [7, 11) is -6.89. The minimum atomic E-state index is -3.50. The van der Waals surface area contributed by atoms with Crippen LogP contribution in [0.4, 0.5) is 11.4 Å². The predicted octanol–water partition coefficient (Wildman–Crippen LogP) is 2.51. The van der Waals surface area contributed by atoms with E-state index in [-0.39, 0.29) is 17.3 Å². The van der Waals surface area contributed by atoms with Gasteiger partial charge < -0.3 is 5.32 Å². The highest BCUT2D eigenvalue weighted by molar-refractivity contribution is 7.92. The molecule has 162 valence electrons. The molecule has 0 atom stereocenters. The van der Waals surface area contributed by atoms with E-state index in [0.717, 1.165) is 19.1 Å². The zero-order chi connectivity index (χ0) is 21.9. The smallest absolute Gasteiger partial charge is 0.255 e. The molecule has 1 amide bonds. The Balaban J connectivity index is 1.70. The van der Waals surface area contributed by atoms with Crippen LogP contribution in [-0.2, 0) is 20.0 Å². The molecular formula is C20H25N3O5S2. The zero-order valence-corrected chi connectivity index (χ0v) is 18.5. The fraction of sp³-hybridized carbons (Fsp3) is 0.350. The highest BCUT2D eigenvalue weighted by atomic mass is 32.2. The molecule has 0 spiro atoms. The van der Waals surface area contributed by atoms with Crippen LogP contribution in [0.3, 0.4) is 0 Å². The van der Waals surface area contributed by atoms with Gasteiger partial charge in [-0.15, -0.1) is 0 Å². The number of hydrogen-bond donors (Lipinski definition) is 1. The molecule has 1 aliphatic rings. The molecule has 1 aliphatic heterocycles. The first-order valence-corrected chi connectivity index (χ1v) is 12.9. The van der Waals surface area contributed by atoms with Gasteiger partial charge in [0.1, 0.15) is 0 Å². The molecule has 0 aromatic heterocycles. The van der Waals surface area contributed by atoms with E-state index >= 15 is 0 Å². The normalized spacial score (nSPS) is 15.1. The van der Waals surface area contributed by atoms with Crippen LogP contribution in [0, 0.1) is 0 Å². The topological polar surface area (TPSA) is 104 Å². The number of hydrogen-bond acceptors (Lipinski definition) is 5. The zero-order valence-electron chi connectivity index (χ0n) is 16.9. The van der Waals surface area contributed by atoms with E-state index < -0.39 is 20.0 Å². The van der Waals surface area contributed by atoms with E-state index in [9.17, 15) is 21.6 Å². The maximum Gasteiger partial charge on any atom is 0.255 e. The second-order valence-electron chi connectivity index (χ2n) is 7.06. The third kappa shape index (κ3) is 4.82. The molecule has 1 fully saturated rings. The molecule has 1 N–H and O–H groups in total. The van der Waals surface area contributed by atoms with Crippen molar-refractivity contribution in [1.29, 1.82) is 0 Å². The minimum absolute atomic E-state index is 0.201. The van der Waals surface area contributed by atoms with Gasteiger partial charge in [0.25, 0.3) is 5.91 Å². The van der Waals surface area contributed by atoms with Crippen molar-refractivity contribution in [1.82, 2.24) is 4.31 Å². The Kier molecular flexibility index (Phi) is 6.49. The van der Waals surface area contributed by atoms with E-state index in [1.165, 1.54) is 20.7 Å². The van der Waals surface area contributed by atoms with Crippen LogP contribution < -0.4 is 9.62 Å². The van der Waals surface area contributed by atoms with Crippen molar-refractivity contribution in [3.8, 4) is 0 Å². The Morgan fingerprint density at radius 3 is 2.03 bits per heavy atom. The third-order valence-electron chi connectivity index (χ3n) is 4.92. The van der Waals surface area contributed by atoms with Gasteiger partial charge >= 0.3 is 0 Å². The highest BCUT2D eigenvalue weighted by Gasteiger charge is 2.27. The van der Waals surface area contributed by atoms with Gasteiger partial charge in [0.15, 0.2) is 0 Å². The largest absolute Gasteiger partial charge is 0.322 e. The molecule has 10 heteroatoms. The molecular weight excluding hydrogens is 426 g/mol. The number of nitrogens with one attached hydrogen (secondary N) is 1. The fourth-order valence-corrected chi connectivity index (χ4v) is 5.87. The summed E-state index contributed by atoms with van der Waals surface area (Å²) < 4.78 is 51.5. The van der Waals surface area contributed by atoms with Crippen LogP contribution in [0.2, 0.25) is 0 Å². The predicted molar refractivity (Wildman–Crippen MR) is 117 cm³/mol. The van der Waals surface area contributed by atoms with Crippen molar-refractivity contribution in [2.75, 3.05) is 35.5 Å². The first-order chi connectivity index (χ1) is 14.1. The average molecular weight is 452 g/mol. The van der Waals surface area contributed by atoms with E-state index in [4.69, 9.17) is 0 Å². The Hall–Kier alpha value is -2.43. The van der Waals surface area contributed by atoms with Gasteiger partial charge in [-0.05, 0) is 68.3 Å². The van der Waals surface area contributed by atoms with Crippen molar-refractivity contribution in [2.24, 2.45) is 0 Å². The summed E-state index contributed by atoms with van der Waals surface area (Å²) >= 11 is 0. The molecule has 3 rings (SSSR count). The summed E-state index contributed by atoms with van der Waals surface area (Å²) in [4.78, 5) is 12.7. The molecule has 0 radical (unpaired) electrons. The quantitative estimate of drug-likeness (QED) is 0.697. The average Bonchev–Trinajstić information content (AvgIpc) is 3.24. The molecule has 1 heterocycles. The number of nitrogens with zero attached hydrogens (tertiary/aromatic N) is 2. The second kappa shape index (κ2) is 8.75. The van der Waals surface area contributed by atoms with E-state index in [1.54, 1.807) is 43.3 Å². The Bertz CT molecular complexity index is 1110. The minimum Gasteiger partial charge on any atom is -0.322 e. The highest BCUT2D eigenvalue weighted by Crippen LogP contribution is 2.23. The molecule has 0 unspecified atom stereocenters. The van der Waals surface area contributed by atoms with E-state index in [1.807, 2.05) is 0 Å². The lowest BCUT2D eigenvalue weighted by Gasteiger charge is -2.20. The molecule has 30 heavy (non-hydrogen) atoms. The molecule has 0 saturated carbocycles. The second-order valence-corrected chi connectivity index (χ2v) is 10.9. The van der Waals surface area contributed by atoms with Crippen LogP contribution in [0.5, 0.6) is 0 Å². The molecule has 2 aromatic rings. The number of rotatable bonds is 7. The van der Waals surface area contributed by atoms with Crippen molar-refractivity contribution in [3.05, 3.63) is 54.1 Å². The number of amides is 1. The van der Waals surface area contributed by atoms with Gasteiger partial charge in [-0.1, -0.05) is 0 Å². The van der Waals surface area contributed by atoms with Crippen LogP contribution >= 0.6 is 0 Å². The van der Waals surface area contributed by atoms with Crippen LogP contribution in [0.15, 0.2) is 53.4 Å². The summed E-state index contributed by atoms with van der Waals surface area (Å²) in [5.74, 6) is -0.376. The van der Waals surface area contributed by atoms with Gasteiger partial charge in [0.05, 0.1) is 16.8 Å². The number of benzene rings is 2. The Labute approximate surface area is 177 Å². The van der Waals surface area contributed by atoms with Crippen molar-refractivity contribution in [3.63, 3.8) is 0 Å². The van der Waals surface area contributed by atoms with Gasteiger partial charge in [-0.2, -0.15) is 4.31 Å².